The van der Waals surface area contributed by atoms with Crippen LogP contribution >= 0.6 is 0 Å². The van der Waals surface area contributed by atoms with Crippen molar-refractivity contribution in [1.82, 2.24) is 20.3 Å². The van der Waals surface area contributed by atoms with Gasteiger partial charge in [-0.3, -0.25) is 4.79 Å². The Morgan fingerprint density at radius 3 is 2.55 bits per heavy atom. The molecule has 1 aliphatic heterocycles. The summed E-state index contributed by atoms with van der Waals surface area (Å²) in [7, 11) is 0. The van der Waals surface area contributed by atoms with Crippen LogP contribution in [-0.4, -0.2) is 20.9 Å². The van der Waals surface area contributed by atoms with Gasteiger partial charge in [0, 0.05) is 11.8 Å². The topological polar surface area (TPSA) is 79.8 Å². The molecule has 3 rings (SSSR count). The summed E-state index contributed by atoms with van der Waals surface area (Å²) >= 11 is 0. The van der Waals surface area contributed by atoms with Gasteiger partial charge < -0.3 is 10.6 Å². The van der Waals surface area contributed by atoms with E-state index in [-0.39, 0.29) is 11.8 Å². The van der Waals surface area contributed by atoms with Crippen LogP contribution in [0, 0.1) is 13.8 Å². The van der Waals surface area contributed by atoms with Crippen LogP contribution in [0.3, 0.4) is 0 Å². The summed E-state index contributed by atoms with van der Waals surface area (Å²) in [6.45, 7) is 8.41. The molecule has 22 heavy (non-hydrogen) atoms. The van der Waals surface area contributed by atoms with Crippen LogP contribution < -0.4 is 10.6 Å². The van der Waals surface area contributed by atoms with Crippen molar-refractivity contribution in [1.29, 1.82) is 0 Å². The van der Waals surface area contributed by atoms with Crippen molar-refractivity contribution < 1.29 is 4.79 Å². The van der Waals surface area contributed by atoms with Crippen LogP contribution in [-0.2, 0) is 6.54 Å². The number of nitrogens with zero attached hydrogens (tertiary/aromatic N) is 3. The summed E-state index contributed by atoms with van der Waals surface area (Å²) in [5.41, 5.74) is 3.42. The average Bonchev–Trinajstić information content (AvgIpc) is 2.78. The number of fused-ring (bicyclic) bond motifs is 1. The van der Waals surface area contributed by atoms with E-state index in [9.17, 15) is 4.79 Å². The maximum atomic E-state index is 12.0. The number of hydrogen-bond donors (Lipinski definition) is 2. The third kappa shape index (κ3) is 2.64. The molecule has 0 bridgehead atoms. The number of carbonyl (C=O) groups is 1. The van der Waals surface area contributed by atoms with Crippen LogP contribution in [0.1, 0.15) is 52.9 Å². The molecule has 1 aliphatic rings. The first-order chi connectivity index (χ1) is 10.4. The predicted octanol–water partition coefficient (Wildman–Crippen LogP) is 2.60. The molecule has 3 heterocycles. The molecular weight excluding hydrogens is 278 g/mol. The van der Waals surface area contributed by atoms with E-state index in [0.29, 0.717) is 24.0 Å². The second-order valence-corrected chi connectivity index (χ2v) is 5.82. The minimum absolute atomic E-state index is 0.0357. The first kappa shape index (κ1) is 14.4. The van der Waals surface area contributed by atoms with Crippen molar-refractivity contribution in [3.8, 4) is 0 Å². The summed E-state index contributed by atoms with van der Waals surface area (Å²) < 4.78 is 0. The predicted molar refractivity (Wildman–Crippen MR) is 84.3 cm³/mol. The van der Waals surface area contributed by atoms with E-state index in [4.69, 9.17) is 0 Å². The van der Waals surface area contributed by atoms with Crippen molar-refractivity contribution in [2.75, 3.05) is 5.32 Å². The molecule has 1 amide bonds. The van der Waals surface area contributed by atoms with E-state index in [1.807, 2.05) is 26.0 Å². The SMILES string of the molecule is Cc1cc(Nc2cc(C(C)C)c3c(n2)CNC3=O)nc(C)n1. The molecule has 114 valence electrons. The molecule has 0 unspecified atom stereocenters. The first-order valence-electron chi connectivity index (χ1n) is 7.35. The van der Waals surface area contributed by atoms with Gasteiger partial charge in [0.25, 0.3) is 5.91 Å². The summed E-state index contributed by atoms with van der Waals surface area (Å²) in [5, 5.41) is 6.06. The van der Waals surface area contributed by atoms with E-state index in [1.54, 1.807) is 0 Å². The van der Waals surface area contributed by atoms with E-state index in [2.05, 4.69) is 39.4 Å². The number of hydrogen-bond acceptors (Lipinski definition) is 5. The zero-order valence-electron chi connectivity index (χ0n) is 13.2. The van der Waals surface area contributed by atoms with Crippen LogP contribution in [0.2, 0.25) is 0 Å². The second kappa shape index (κ2) is 5.36. The third-order valence-electron chi connectivity index (χ3n) is 3.61. The summed E-state index contributed by atoms with van der Waals surface area (Å²) in [5.74, 6) is 2.34. The Kier molecular flexibility index (Phi) is 3.52. The van der Waals surface area contributed by atoms with Crippen molar-refractivity contribution >= 4 is 17.5 Å². The average molecular weight is 297 g/mol. The lowest BCUT2D eigenvalue weighted by molar-refractivity contribution is 0.0964. The van der Waals surface area contributed by atoms with Gasteiger partial charge in [0.05, 0.1) is 17.8 Å². The molecule has 0 spiro atoms. The Morgan fingerprint density at radius 1 is 1.14 bits per heavy atom. The first-order valence-corrected chi connectivity index (χ1v) is 7.35. The van der Waals surface area contributed by atoms with Gasteiger partial charge in [0.2, 0.25) is 0 Å². The van der Waals surface area contributed by atoms with Crippen LogP contribution in [0.25, 0.3) is 0 Å². The quantitative estimate of drug-likeness (QED) is 0.910. The number of aromatic nitrogens is 3. The number of nitrogens with one attached hydrogen (secondary N) is 2. The number of carbonyl (C=O) groups excluding carboxylic acids is 1. The zero-order valence-corrected chi connectivity index (χ0v) is 13.2. The fraction of sp³-hybridized carbons (Fsp3) is 0.375. The number of pyridine rings is 1. The standard InChI is InChI=1S/C16H19N5O/c1-8(2)11-6-14(20-12-7-17-16(22)15(11)12)21-13-5-9(3)18-10(4)19-13/h5-6,8H,7H2,1-4H3,(H,17,22)(H,18,19,20,21). The fourth-order valence-corrected chi connectivity index (χ4v) is 2.69. The Morgan fingerprint density at radius 2 is 1.86 bits per heavy atom. The molecule has 2 aromatic rings. The molecule has 0 aromatic carbocycles. The van der Waals surface area contributed by atoms with Crippen molar-refractivity contribution in [2.24, 2.45) is 0 Å². The number of anilines is 2. The van der Waals surface area contributed by atoms with Gasteiger partial charge in [-0.2, -0.15) is 0 Å². The van der Waals surface area contributed by atoms with Crippen LogP contribution in [0.5, 0.6) is 0 Å². The van der Waals surface area contributed by atoms with Crippen molar-refractivity contribution in [3.63, 3.8) is 0 Å². The smallest absolute Gasteiger partial charge is 0.253 e. The highest BCUT2D eigenvalue weighted by Gasteiger charge is 2.26. The molecule has 0 aliphatic carbocycles. The van der Waals surface area contributed by atoms with Gasteiger partial charge >= 0.3 is 0 Å². The summed E-state index contributed by atoms with van der Waals surface area (Å²) in [4.78, 5) is 25.1. The minimum Gasteiger partial charge on any atom is -0.346 e. The van der Waals surface area contributed by atoms with E-state index >= 15 is 0 Å². The summed E-state index contributed by atoms with van der Waals surface area (Å²) in [6.07, 6.45) is 0. The molecule has 0 fully saturated rings. The molecule has 0 saturated carbocycles. The maximum absolute atomic E-state index is 12.0. The molecule has 6 nitrogen and oxygen atoms in total. The van der Waals surface area contributed by atoms with Gasteiger partial charge in [-0.15, -0.1) is 0 Å². The van der Waals surface area contributed by atoms with E-state index in [1.165, 1.54) is 0 Å². The summed E-state index contributed by atoms with van der Waals surface area (Å²) in [6, 6.07) is 3.81. The molecule has 2 aromatic heterocycles. The second-order valence-electron chi connectivity index (χ2n) is 5.82. The Bertz CT molecular complexity index is 734. The van der Waals surface area contributed by atoms with Gasteiger partial charge in [0.1, 0.15) is 17.5 Å². The molecule has 6 heteroatoms. The monoisotopic (exact) mass is 297 g/mol. The van der Waals surface area contributed by atoms with Gasteiger partial charge in [0.15, 0.2) is 0 Å². The Hall–Kier alpha value is -2.50. The number of amides is 1. The zero-order chi connectivity index (χ0) is 15.9. The van der Waals surface area contributed by atoms with E-state index in [0.717, 1.165) is 22.5 Å². The maximum Gasteiger partial charge on any atom is 0.253 e. The normalized spacial score (nSPS) is 13.2. The Labute approximate surface area is 129 Å². The molecule has 0 saturated heterocycles. The lowest BCUT2D eigenvalue weighted by Crippen LogP contribution is -2.14. The number of aryl methyl sites for hydroxylation is 2. The molecule has 0 atom stereocenters. The lowest BCUT2D eigenvalue weighted by Gasteiger charge is -2.13. The van der Waals surface area contributed by atoms with Gasteiger partial charge in [-0.05, 0) is 31.4 Å². The highest BCUT2D eigenvalue weighted by Crippen LogP contribution is 2.28. The van der Waals surface area contributed by atoms with E-state index < -0.39 is 0 Å². The molecular formula is C16H19N5O. The lowest BCUT2D eigenvalue weighted by atomic mass is 9.97. The Balaban J connectivity index is 2.02. The molecule has 2 N–H and O–H groups in total. The van der Waals surface area contributed by atoms with Gasteiger partial charge in [-0.1, -0.05) is 13.8 Å². The van der Waals surface area contributed by atoms with Crippen molar-refractivity contribution in [2.45, 2.75) is 40.2 Å². The number of rotatable bonds is 3. The minimum atomic E-state index is -0.0357. The van der Waals surface area contributed by atoms with Crippen LogP contribution in [0.4, 0.5) is 11.6 Å². The molecule has 0 radical (unpaired) electrons. The van der Waals surface area contributed by atoms with Gasteiger partial charge in [-0.25, -0.2) is 15.0 Å². The van der Waals surface area contributed by atoms with Crippen molar-refractivity contribution in [3.05, 3.63) is 40.5 Å². The largest absolute Gasteiger partial charge is 0.346 e. The third-order valence-corrected chi connectivity index (χ3v) is 3.61. The van der Waals surface area contributed by atoms with Crippen LogP contribution in [0.15, 0.2) is 12.1 Å². The highest BCUT2D eigenvalue weighted by atomic mass is 16.1. The fourth-order valence-electron chi connectivity index (χ4n) is 2.69. The highest BCUT2D eigenvalue weighted by molar-refractivity contribution is 5.99.